The number of amides is 2. The minimum atomic E-state index is -0.157. The topological polar surface area (TPSA) is 61.9 Å². The van der Waals surface area contributed by atoms with Crippen molar-refractivity contribution in [1.82, 2.24) is 10.2 Å². The van der Waals surface area contributed by atoms with Crippen LogP contribution in [-0.2, 0) is 16.1 Å². The number of thiophene rings is 1. The number of methoxy groups -OCH3 is 1. The van der Waals surface area contributed by atoms with Crippen molar-refractivity contribution in [2.24, 2.45) is 0 Å². The van der Waals surface area contributed by atoms with Crippen LogP contribution in [0, 0.1) is 0 Å². The van der Waals surface area contributed by atoms with E-state index in [2.05, 4.69) is 11.4 Å². The van der Waals surface area contributed by atoms with Crippen LogP contribution in [0.3, 0.4) is 0 Å². The maximum atomic E-state index is 12.5. The third-order valence-corrected chi connectivity index (χ3v) is 5.46. The largest absolute Gasteiger partial charge is 0.497 e. The molecule has 0 aliphatic carbocycles. The average Bonchev–Trinajstić information content (AvgIpc) is 3.40. The summed E-state index contributed by atoms with van der Waals surface area (Å²) in [4.78, 5) is 29.6. The van der Waals surface area contributed by atoms with Crippen molar-refractivity contribution in [2.75, 3.05) is 38.2 Å². The Hall–Kier alpha value is -2.54. The summed E-state index contributed by atoms with van der Waals surface area (Å²) in [5.41, 5.74) is 0.935. The summed E-state index contributed by atoms with van der Waals surface area (Å²) in [6, 6.07) is 11.7. The molecule has 1 aliphatic rings. The molecule has 7 heteroatoms. The number of carbonyl (C=O) groups excluding carboxylic acids is 2. The van der Waals surface area contributed by atoms with Gasteiger partial charge in [-0.3, -0.25) is 9.59 Å². The Morgan fingerprint density at radius 2 is 1.93 bits per heavy atom. The number of rotatable bonds is 8. The predicted molar refractivity (Wildman–Crippen MR) is 107 cm³/mol. The highest BCUT2D eigenvalue weighted by Gasteiger charge is 2.19. The number of anilines is 1. The first-order valence-corrected chi connectivity index (χ1v) is 9.99. The Labute approximate surface area is 163 Å². The molecule has 2 heterocycles. The summed E-state index contributed by atoms with van der Waals surface area (Å²) >= 11 is 1.66. The Morgan fingerprint density at radius 3 is 2.56 bits per heavy atom. The van der Waals surface area contributed by atoms with Crippen LogP contribution in [-0.4, -0.2) is 50.0 Å². The molecule has 1 N–H and O–H groups in total. The van der Waals surface area contributed by atoms with E-state index in [0.717, 1.165) is 37.4 Å². The van der Waals surface area contributed by atoms with E-state index in [-0.39, 0.29) is 24.9 Å². The van der Waals surface area contributed by atoms with E-state index >= 15 is 0 Å². The molecule has 3 rings (SSSR count). The second-order valence-electron chi connectivity index (χ2n) is 6.50. The molecule has 1 aromatic heterocycles. The van der Waals surface area contributed by atoms with Gasteiger partial charge in [-0.1, -0.05) is 6.07 Å². The Morgan fingerprint density at radius 1 is 1.19 bits per heavy atom. The molecular weight excluding hydrogens is 362 g/mol. The van der Waals surface area contributed by atoms with Gasteiger partial charge >= 0.3 is 0 Å². The molecule has 6 nitrogen and oxygen atoms in total. The highest BCUT2D eigenvalue weighted by atomic mass is 32.1. The van der Waals surface area contributed by atoms with E-state index in [1.54, 1.807) is 18.4 Å². The summed E-state index contributed by atoms with van der Waals surface area (Å²) < 4.78 is 5.21. The van der Waals surface area contributed by atoms with Gasteiger partial charge in [0.15, 0.2) is 0 Å². The third kappa shape index (κ3) is 5.47. The molecule has 0 spiro atoms. The molecule has 0 saturated carbocycles. The number of ether oxygens (including phenoxy) is 1. The van der Waals surface area contributed by atoms with E-state index in [9.17, 15) is 9.59 Å². The zero-order valence-corrected chi connectivity index (χ0v) is 16.3. The van der Waals surface area contributed by atoms with Crippen molar-refractivity contribution in [3.63, 3.8) is 0 Å². The van der Waals surface area contributed by atoms with Gasteiger partial charge in [-0.25, -0.2) is 0 Å². The molecule has 0 unspecified atom stereocenters. The maximum Gasteiger partial charge on any atom is 0.241 e. The molecule has 1 saturated heterocycles. The smallest absolute Gasteiger partial charge is 0.241 e. The number of hydrogen-bond donors (Lipinski definition) is 1. The fourth-order valence-corrected chi connectivity index (χ4v) is 3.82. The van der Waals surface area contributed by atoms with E-state index in [1.165, 1.54) is 4.88 Å². The standard InChI is InChI=1S/C20H25N3O3S/c1-26-17-8-6-16(7-9-17)23(14-18-5-4-12-27-18)15-19(24)21-13-20(25)22-10-2-3-11-22/h4-9,12H,2-3,10-11,13-15H2,1H3,(H,21,24). The molecule has 1 aromatic carbocycles. The molecule has 0 bridgehead atoms. The van der Waals surface area contributed by atoms with Gasteiger partial charge in [0.1, 0.15) is 5.75 Å². The Balaban J connectivity index is 1.61. The highest BCUT2D eigenvalue weighted by Crippen LogP contribution is 2.22. The summed E-state index contributed by atoms with van der Waals surface area (Å²) in [5, 5.41) is 4.79. The van der Waals surface area contributed by atoms with Crippen LogP contribution < -0.4 is 15.0 Å². The van der Waals surface area contributed by atoms with E-state index in [1.807, 2.05) is 45.5 Å². The van der Waals surface area contributed by atoms with Gasteiger partial charge in [0.05, 0.1) is 26.7 Å². The fourth-order valence-electron chi connectivity index (χ4n) is 3.10. The van der Waals surface area contributed by atoms with Crippen LogP contribution in [0.2, 0.25) is 0 Å². The minimum absolute atomic E-state index is 0.00453. The average molecular weight is 388 g/mol. The van der Waals surface area contributed by atoms with Crippen molar-refractivity contribution < 1.29 is 14.3 Å². The summed E-state index contributed by atoms with van der Waals surface area (Å²) in [7, 11) is 1.63. The number of nitrogens with one attached hydrogen (secondary N) is 1. The number of likely N-dealkylation sites (tertiary alicyclic amines) is 1. The molecule has 0 radical (unpaired) electrons. The second-order valence-corrected chi connectivity index (χ2v) is 7.53. The first-order chi connectivity index (χ1) is 13.2. The van der Waals surface area contributed by atoms with Crippen molar-refractivity contribution in [1.29, 1.82) is 0 Å². The number of benzene rings is 1. The van der Waals surface area contributed by atoms with Crippen molar-refractivity contribution in [2.45, 2.75) is 19.4 Å². The third-order valence-electron chi connectivity index (χ3n) is 4.59. The maximum absolute atomic E-state index is 12.5. The van der Waals surface area contributed by atoms with E-state index in [4.69, 9.17) is 4.74 Å². The lowest BCUT2D eigenvalue weighted by atomic mass is 10.2. The first kappa shape index (κ1) is 19.2. The van der Waals surface area contributed by atoms with Gasteiger partial charge in [0.25, 0.3) is 0 Å². The van der Waals surface area contributed by atoms with Gasteiger partial charge in [0, 0.05) is 23.7 Å². The van der Waals surface area contributed by atoms with Crippen LogP contribution in [0.15, 0.2) is 41.8 Å². The van der Waals surface area contributed by atoms with Crippen LogP contribution in [0.4, 0.5) is 5.69 Å². The van der Waals surface area contributed by atoms with Gasteiger partial charge in [-0.05, 0) is 48.6 Å². The van der Waals surface area contributed by atoms with Crippen LogP contribution >= 0.6 is 11.3 Å². The Bertz CT molecular complexity index is 740. The molecule has 1 fully saturated rings. The molecule has 27 heavy (non-hydrogen) atoms. The lowest BCUT2D eigenvalue weighted by molar-refractivity contribution is -0.131. The van der Waals surface area contributed by atoms with Crippen molar-refractivity contribution in [3.05, 3.63) is 46.7 Å². The van der Waals surface area contributed by atoms with E-state index in [0.29, 0.717) is 6.54 Å². The van der Waals surface area contributed by atoms with E-state index < -0.39 is 0 Å². The van der Waals surface area contributed by atoms with Crippen LogP contribution in [0.25, 0.3) is 0 Å². The van der Waals surface area contributed by atoms with Gasteiger partial charge in [-0.15, -0.1) is 11.3 Å². The van der Waals surface area contributed by atoms with Gasteiger partial charge in [0.2, 0.25) is 11.8 Å². The lowest BCUT2D eigenvalue weighted by Crippen LogP contribution is -2.42. The van der Waals surface area contributed by atoms with Crippen LogP contribution in [0.5, 0.6) is 5.75 Å². The monoisotopic (exact) mass is 387 g/mol. The molecular formula is C20H25N3O3S. The SMILES string of the molecule is COc1ccc(N(CC(=O)NCC(=O)N2CCCC2)Cc2cccs2)cc1. The molecule has 2 amide bonds. The molecule has 0 atom stereocenters. The van der Waals surface area contributed by atoms with Gasteiger partial charge in [-0.2, -0.15) is 0 Å². The normalized spacial score (nSPS) is 13.4. The number of carbonyl (C=O) groups is 2. The number of nitrogens with zero attached hydrogens (tertiary/aromatic N) is 2. The number of hydrogen-bond acceptors (Lipinski definition) is 5. The predicted octanol–water partition coefficient (Wildman–Crippen LogP) is 2.50. The summed E-state index contributed by atoms with van der Waals surface area (Å²) in [6.45, 7) is 2.49. The molecule has 144 valence electrons. The lowest BCUT2D eigenvalue weighted by Gasteiger charge is -2.24. The highest BCUT2D eigenvalue weighted by molar-refractivity contribution is 7.09. The van der Waals surface area contributed by atoms with Crippen molar-refractivity contribution >= 4 is 28.8 Å². The minimum Gasteiger partial charge on any atom is -0.497 e. The quantitative estimate of drug-likeness (QED) is 0.756. The zero-order chi connectivity index (χ0) is 19.1. The Kier molecular flexibility index (Phi) is 6.70. The fraction of sp³-hybridized carbons (Fsp3) is 0.400. The summed E-state index contributed by atoms with van der Waals surface area (Å²) in [6.07, 6.45) is 2.09. The molecule has 1 aliphatic heterocycles. The second kappa shape index (κ2) is 9.41. The zero-order valence-electron chi connectivity index (χ0n) is 15.5. The summed E-state index contributed by atoms with van der Waals surface area (Å²) in [5.74, 6) is 0.612. The first-order valence-electron chi connectivity index (χ1n) is 9.11. The molecule has 2 aromatic rings. The van der Waals surface area contributed by atoms with Crippen molar-refractivity contribution in [3.8, 4) is 5.75 Å². The van der Waals surface area contributed by atoms with Gasteiger partial charge < -0.3 is 19.9 Å². The van der Waals surface area contributed by atoms with Crippen LogP contribution in [0.1, 0.15) is 17.7 Å².